The molecule has 1 N–H and O–H groups in total. The molecule has 0 radical (unpaired) electrons. The van der Waals surface area contributed by atoms with Crippen molar-refractivity contribution in [1.82, 2.24) is 0 Å². The molecule has 0 aliphatic rings. The topological polar surface area (TPSA) is 72.8 Å². The van der Waals surface area contributed by atoms with Crippen molar-refractivity contribution in [3.63, 3.8) is 0 Å². The first-order valence-electron chi connectivity index (χ1n) is 6.29. The quantitative estimate of drug-likeness (QED) is 0.676. The lowest BCUT2D eigenvalue weighted by molar-refractivity contribution is -0.153. The van der Waals surface area contributed by atoms with E-state index in [0.29, 0.717) is 0 Å². The molecule has 0 amide bonds. The normalized spacial score (nSPS) is 11.0. The molecule has 0 saturated carbocycles. The Hall–Kier alpha value is -2.04. The number of methoxy groups -OCH3 is 1. The highest BCUT2D eigenvalue weighted by molar-refractivity contribution is 5.91. The summed E-state index contributed by atoms with van der Waals surface area (Å²) in [6.45, 7) is 6.00. The minimum Gasteiger partial charge on any atom is -0.508 e. The first kappa shape index (κ1) is 16.0. The van der Waals surface area contributed by atoms with Gasteiger partial charge in [0.15, 0.2) is 0 Å². The molecule has 0 fully saturated rings. The molecular weight excluding hydrogens is 260 g/mol. The van der Waals surface area contributed by atoms with Gasteiger partial charge in [-0.25, -0.2) is 0 Å². The van der Waals surface area contributed by atoms with Crippen molar-refractivity contribution < 1.29 is 24.2 Å². The van der Waals surface area contributed by atoms with E-state index in [4.69, 9.17) is 4.74 Å². The van der Waals surface area contributed by atoms with Crippen LogP contribution in [0.5, 0.6) is 5.75 Å². The summed E-state index contributed by atoms with van der Waals surface area (Å²) >= 11 is 0. The zero-order valence-electron chi connectivity index (χ0n) is 12.2. The Morgan fingerprint density at radius 2 is 1.85 bits per heavy atom. The summed E-state index contributed by atoms with van der Waals surface area (Å²) in [7, 11) is 1.21. The van der Waals surface area contributed by atoms with Gasteiger partial charge in [-0.15, -0.1) is 0 Å². The molecule has 0 atom stereocenters. The van der Waals surface area contributed by atoms with E-state index < -0.39 is 18.4 Å². The Morgan fingerprint density at radius 1 is 1.20 bits per heavy atom. The molecule has 20 heavy (non-hydrogen) atoms. The molecule has 1 aromatic carbocycles. The van der Waals surface area contributed by atoms with E-state index in [2.05, 4.69) is 4.74 Å². The Bertz CT molecular complexity index is 499. The van der Waals surface area contributed by atoms with E-state index in [0.717, 1.165) is 11.1 Å². The van der Waals surface area contributed by atoms with Gasteiger partial charge in [0.1, 0.15) is 18.8 Å². The summed E-state index contributed by atoms with van der Waals surface area (Å²) in [5, 5.41) is 9.83. The molecule has 0 bridgehead atoms. The molecule has 0 saturated heterocycles. The summed E-state index contributed by atoms with van der Waals surface area (Å²) in [6, 6.07) is 5.04. The molecule has 0 aliphatic heterocycles. The minimum absolute atomic E-state index is 0.0547. The highest BCUT2D eigenvalue weighted by atomic mass is 16.5. The van der Waals surface area contributed by atoms with Crippen LogP contribution in [0.2, 0.25) is 0 Å². The Kier molecular flexibility index (Phi) is 5.13. The maximum atomic E-state index is 11.4. The number of ether oxygens (including phenoxy) is 2. The molecule has 0 spiro atoms. The van der Waals surface area contributed by atoms with E-state index in [9.17, 15) is 14.7 Å². The summed E-state index contributed by atoms with van der Waals surface area (Å²) in [4.78, 5) is 22.3. The second-order valence-corrected chi connectivity index (χ2v) is 5.52. The average molecular weight is 280 g/mol. The van der Waals surface area contributed by atoms with E-state index in [-0.39, 0.29) is 17.8 Å². The number of rotatable bonds is 4. The van der Waals surface area contributed by atoms with Gasteiger partial charge in [0.25, 0.3) is 0 Å². The van der Waals surface area contributed by atoms with Crippen LogP contribution < -0.4 is 0 Å². The van der Waals surface area contributed by atoms with E-state index in [1.54, 1.807) is 18.2 Å². The Labute approximate surface area is 118 Å². The lowest BCUT2D eigenvalue weighted by Crippen LogP contribution is -2.14. The van der Waals surface area contributed by atoms with Gasteiger partial charge in [-0.3, -0.25) is 9.59 Å². The van der Waals surface area contributed by atoms with Gasteiger partial charge >= 0.3 is 11.9 Å². The van der Waals surface area contributed by atoms with Gasteiger partial charge in [-0.05, 0) is 28.7 Å². The van der Waals surface area contributed by atoms with Crippen molar-refractivity contribution >= 4 is 11.9 Å². The van der Waals surface area contributed by atoms with E-state index >= 15 is 0 Å². The lowest BCUT2D eigenvalue weighted by atomic mass is 9.85. The van der Waals surface area contributed by atoms with E-state index in [1.807, 2.05) is 20.8 Å². The third-order valence-electron chi connectivity index (χ3n) is 2.79. The Morgan fingerprint density at radius 3 is 2.40 bits per heavy atom. The molecule has 0 heterocycles. The average Bonchev–Trinajstić information content (AvgIpc) is 2.36. The SMILES string of the molecule is COC(=O)CC(=O)OCc1ccc(O)c(C(C)(C)C)c1. The molecule has 0 unspecified atom stereocenters. The molecule has 1 aromatic rings. The van der Waals surface area contributed by atoms with Crippen molar-refractivity contribution in [1.29, 1.82) is 0 Å². The smallest absolute Gasteiger partial charge is 0.317 e. The first-order valence-corrected chi connectivity index (χ1v) is 6.29. The van der Waals surface area contributed by atoms with Crippen LogP contribution in [0.15, 0.2) is 18.2 Å². The van der Waals surface area contributed by atoms with Crippen LogP contribution >= 0.6 is 0 Å². The van der Waals surface area contributed by atoms with Crippen molar-refractivity contribution in [3.05, 3.63) is 29.3 Å². The van der Waals surface area contributed by atoms with Crippen LogP contribution in [-0.4, -0.2) is 24.2 Å². The summed E-state index contributed by atoms with van der Waals surface area (Å²) in [5.41, 5.74) is 1.32. The summed E-state index contributed by atoms with van der Waals surface area (Å²) in [5.74, 6) is -1.06. The van der Waals surface area contributed by atoms with Gasteiger partial charge in [-0.2, -0.15) is 0 Å². The number of esters is 2. The van der Waals surface area contributed by atoms with Crippen molar-refractivity contribution in [2.45, 2.75) is 39.2 Å². The molecule has 1 rings (SSSR count). The zero-order valence-corrected chi connectivity index (χ0v) is 12.2. The third kappa shape index (κ3) is 4.57. The summed E-state index contributed by atoms with van der Waals surface area (Å²) in [6.07, 6.45) is -0.402. The van der Waals surface area contributed by atoms with Crippen molar-refractivity contribution in [3.8, 4) is 5.75 Å². The Balaban J connectivity index is 2.70. The van der Waals surface area contributed by atoms with Crippen LogP contribution in [0, 0.1) is 0 Å². The van der Waals surface area contributed by atoms with Gasteiger partial charge in [0.05, 0.1) is 7.11 Å². The van der Waals surface area contributed by atoms with Gasteiger partial charge < -0.3 is 14.6 Å². The number of aromatic hydroxyl groups is 1. The molecule has 0 aliphatic carbocycles. The molecule has 5 heteroatoms. The number of hydrogen-bond acceptors (Lipinski definition) is 5. The fraction of sp³-hybridized carbons (Fsp3) is 0.467. The van der Waals surface area contributed by atoms with Gasteiger partial charge in [-0.1, -0.05) is 26.8 Å². The fourth-order valence-electron chi connectivity index (χ4n) is 1.68. The maximum Gasteiger partial charge on any atom is 0.317 e. The number of phenols is 1. The standard InChI is InChI=1S/C15H20O5/c1-15(2,3)11-7-10(5-6-12(11)16)9-20-14(18)8-13(17)19-4/h5-7,16H,8-9H2,1-4H3. The van der Waals surface area contributed by atoms with E-state index in [1.165, 1.54) is 7.11 Å². The highest BCUT2D eigenvalue weighted by Crippen LogP contribution is 2.31. The third-order valence-corrected chi connectivity index (χ3v) is 2.79. The molecule has 110 valence electrons. The van der Waals surface area contributed by atoms with Crippen molar-refractivity contribution in [2.75, 3.05) is 7.11 Å². The number of benzene rings is 1. The van der Waals surface area contributed by atoms with Crippen LogP contribution in [0.1, 0.15) is 38.3 Å². The number of carbonyl (C=O) groups excluding carboxylic acids is 2. The van der Waals surface area contributed by atoms with Crippen LogP contribution in [-0.2, 0) is 31.1 Å². The molecule has 0 aromatic heterocycles. The number of phenolic OH excluding ortho intramolecular Hbond substituents is 1. The molecular formula is C15H20O5. The summed E-state index contributed by atoms with van der Waals surface area (Å²) < 4.78 is 9.37. The lowest BCUT2D eigenvalue weighted by Gasteiger charge is -2.21. The fourth-order valence-corrected chi connectivity index (χ4v) is 1.68. The second kappa shape index (κ2) is 6.41. The van der Waals surface area contributed by atoms with Gasteiger partial charge in [0.2, 0.25) is 0 Å². The minimum atomic E-state index is -0.637. The largest absolute Gasteiger partial charge is 0.508 e. The van der Waals surface area contributed by atoms with Crippen LogP contribution in [0.3, 0.4) is 0 Å². The predicted octanol–water partition coefficient (Wildman–Crippen LogP) is 2.30. The second-order valence-electron chi connectivity index (χ2n) is 5.52. The van der Waals surface area contributed by atoms with Crippen LogP contribution in [0.4, 0.5) is 0 Å². The highest BCUT2D eigenvalue weighted by Gasteiger charge is 2.19. The first-order chi connectivity index (χ1) is 9.24. The zero-order chi connectivity index (χ0) is 15.3. The maximum absolute atomic E-state index is 11.4. The predicted molar refractivity (Wildman–Crippen MR) is 73.2 cm³/mol. The van der Waals surface area contributed by atoms with Crippen LogP contribution in [0.25, 0.3) is 0 Å². The molecule has 5 nitrogen and oxygen atoms in total. The van der Waals surface area contributed by atoms with Gasteiger partial charge in [0, 0.05) is 0 Å². The number of carbonyl (C=O) groups is 2. The monoisotopic (exact) mass is 280 g/mol. The number of hydrogen-bond donors (Lipinski definition) is 1. The van der Waals surface area contributed by atoms with Crippen molar-refractivity contribution in [2.24, 2.45) is 0 Å².